The van der Waals surface area contributed by atoms with E-state index in [-0.39, 0.29) is 28.6 Å². The number of hydrogen-bond donors (Lipinski definition) is 1. The Morgan fingerprint density at radius 2 is 1.78 bits per heavy atom. The van der Waals surface area contributed by atoms with Gasteiger partial charge in [0, 0.05) is 29.4 Å². The number of aryl methyl sites for hydroxylation is 1. The molecule has 1 fully saturated rings. The summed E-state index contributed by atoms with van der Waals surface area (Å²) in [6.45, 7) is 3.00. The van der Waals surface area contributed by atoms with E-state index in [9.17, 15) is 13.2 Å². The Morgan fingerprint density at radius 3 is 2.44 bits per heavy atom. The molecule has 0 bridgehead atoms. The maximum Gasteiger partial charge on any atom is 0.255 e. The summed E-state index contributed by atoms with van der Waals surface area (Å²) in [5.41, 5.74) is 1.59. The first-order valence-corrected chi connectivity index (χ1v) is 10.4. The van der Waals surface area contributed by atoms with E-state index in [1.165, 1.54) is 22.5 Å². The standard InChI is InChI=1S/C18H18Cl2N2O4S/c1-12-2-4-14(11-16(12)20)21-18(23)13-3-5-15(19)17(10-13)27(24,25)22-6-8-26-9-7-22/h2-5,10-11H,6-9H2,1H3,(H,21,23). The summed E-state index contributed by atoms with van der Waals surface area (Å²) >= 11 is 12.2. The lowest BCUT2D eigenvalue weighted by molar-refractivity contribution is 0.0730. The summed E-state index contributed by atoms with van der Waals surface area (Å²) in [5, 5.41) is 3.30. The van der Waals surface area contributed by atoms with Crippen molar-refractivity contribution in [1.82, 2.24) is 4.31 Å². The zero-order valence-corrected chi connectivity index (χ0v) is 16.9. The third kappa shape index (κ3) is 4.44. The SMILES string of the molecule is Cc1ccc(NC(=O)c2ccc(Cl)c(S(=O)(=O)N3CCOCC3)c2)cc1Cl. The zero-order chi connectivity index (χ0) is 19.6. The van der Waals surface area contributed by atoms with E-state index in [0.29, 0.717) is 23.9 Å². The average molecular weight is 429 g/mol. The Balaban J connectivity index is 1.88. The van der Waals surface area contributed by atoms with Gasteiger partial charge in [0.15, 0.2) is 0 Å². The molecule has 1 heterocycles. The molecule has 27 heavy (non-hydrogen) atoms. The van der Waals surface area contributed by atoms with Crippen LogP contribution >= 0.6 is 23.2 Å². The van der Waals surface area contributed by atoms with Gasteiger partial charge >= 0.3 is 0 Å². The van der Waals surface area contributed by atoms with Crippen LogP contribution in [0.2, 0.25) is 10.0 Å². The number of carbonyl (C=O) groups excluding carboxylic acids is 1. The van der Waals surface area contributed by atoms with Crippen LogP contribution in [0, 0.1) is 6.92 Å². The molecule has 9 heteroatoms. The normalized spacial score (nSPS) is 15.5. The molecule has 1 amide bonds. The van der Waals surface area contributed by atoms with Gasteiger partial charge in [-0.1, -0.05) is 29.3 Å². The molecule has 0 radical (unpaired) electrons. The molecular formula is C18H18Cl2N2O4S. The van der Waals surface area contributed by atoms with Gasteiger partial charge in [-0.15, -0.1) is 0 Å². The monoisotopic (exact) mass is 428 g/mol. The van der Waals surface area contributed by atoms with Crippen LogP contribution in [0.1, 0.15) is 15.9 Å². The lowest BCUT2D eigenvalue weighted by Crippen LogP contribution is -2.40. The highest BCUT2D eigenvalue weighted by atomic mass is 35.5. The predicted octanol–water partition coefficient (Wildman–Crippen LogP) is 3.58. The van der Waals surface area contributed by atoms with Crippen molar-refractivity contribution in [2.75, 3.05) is 31.6 Å². The van der Waals surface area contributed by atoms with Crippen molar-refractivity contribution in [3.63, 3.8) is 0 Å². The molecule has 1 N–H and O–H groups in total. The van der Waals surface area contributed by atoms with Crippen LogP contribution in [0.25, 0.3) is 0 Å². The topological polar surface area (TPSA) is 75.7 Å². The maximum atomic E-state index is 12.9. The smallest absolute Gasteiger partial charge is 0.255 e. The fraction of sp³-hybridized carbons (Fsp3) is 0.278. The van der Waals surface area contributed by atoms with Crippen molar-refractivity contribution in [3.05, 3.63) is 57.6 Å². The van der Waals surface area contributed by atoms with Gasteiger partial charge in [0.05, 0.1) is 18.2 Å². The van der Waals surface area contributed by atoms with Gasteiger partial charge in [0.1, 0.15) is 4.90 Å². The number of nitrogens with zero attached hydrogens (tertiary/aromatic N) is 1. The van der Waals surface area contributed by atoms with E-state index >= 15 is 0 Å². The van der Waals surface area contributed by atoms with Gasteiger partial charge in [-0.25, -0.2) is 8.42 Å². The quantitative estimate of drug-likeness (QED) is 0.807. The van der Waals surface area contributed by atoms with Crippen LogP contribution in [-0.2, 0) is 14.8 Å². The fourth-order valence-corrected chi connectivity index (χ4v) is 4.73. The van der Waals surface area contributed by atoms with Crippen LogP contribution in [-0.4, -0.2) is 44.9 Å². The second kappa shape index (κ2) is 8.16. The van der Waals surface area contributed by atoms with E-state index in [4.69, 9.17) is 27.9 Å². The molecule has 0 saturated carbocycles. The van der Waals surface area contributed by atoms with E-state index < -0.39 is 15.9 Å². The number of carbonyl (C=O) groups is 1. The molecule has 0 unspecified atom stereocenters. The van der Waals surface area contributed by atoms with Crippen molar-refractivity contribution in [2.24, 2.45) is 0 Å². The van der Waals surface area contributed by atoms with Crippen LogP contribution in [0.5, 0.6) is 0 Å². The van der Waals surface area contributed by atoms with Crippen molar-refractivity contribution in [1.29, 1.82) is 0 Å². The van der Waals surface area contributed by atoms with Crippen LogP contribution in [0.4, 0.5) is 5.69 Å². The number of sulfonamides is 1. The molecule has 2 aromatic carbocycles. The summed E-state index contributed by atoms with van der Waals surface area (Å²) in [7, 11) is -3.81. The number of rotatable bonds is 4. The number of anilines is 1. The maximum absolute atomic E-state index is 12.9. The van der Waals surface area contributed by atoms with Gasteiger partial charge in [-0.3, -0.25) is 4.79 Å². The molecule has 6 nitrogen and oxygen atoms in total. The first kappa shape index (κ1) is 20.1. The van der Waals surface area contributed by atoms with Crippen molar-refractivity contribution in [3.8, 4) is 0 Å². The summed E-state index contributed by atoms with van der Waals surface area (Å²) < 4.78 is 32.2. The Hall–Kier alpha value is -1.64. The van der Waals surface area contributed by atoms with Gasteiger partial charge in [-0.2, -0.15) is 4.31 Å². The van der Waals surface area contributed by atoms with Crippen molar-refractivity contribution in [2.45, 2.75) is 11.8 Å². The molecule has 1 aliphatic heterocycles. The van der Waals surface area contributed by atoms with Crippen LogP contribution in [0.3, 0.4) is 0 Å². The van der Waals surface area contributed by atoms with Crippen LogP contribution < -0.4 is 5.32 Å². The Labute approximate surface area is 168 Å². The minimum Gasteiger partial charge on any atom is -0.379 e. The average Bonchev–Trinajstić information content (AvgIpc) is 2.65. The number of morpholine rings is 1. The molecule has 0 spiro atoms. The minimum atomic E-state index is -3.81. The van der Waals surface area contributed by atoms with E-state index in [1.54, 1.807) is 18.2 Å². The molecular weight excluding hydrogens is 411 g/mol. The molecule has 1 aliphatic rings. The fourth-order valence-electron chi connectivity index (χ4n) is 2.64. The molecule has 144 valence electrons. The largest absolute Gasteiger partial charge is 0.379 e. The number of amides is 1. The Bertz CT molecular complexity index is 973. The van der Waals surface area contributed by atoms with Crippen molar-refractivity contribution >= 4 is 44.8 Å². The lowest BCUT2D eigenvalue weighted by Gasteiger charge is -2.26. The number of benzene rings is 2. The predicted molar refractivity (Wildman–Crippen MR) is 105 cm³/mol. The van der Waals surface area contributed by atoms with Crippen LogP contribution in [0.15, 0.2) is 41.3 Å². The summed E-state index contributed by atoms with van der Waals surface area (Å²) in [4.78, 5) is 12.5. The summed E-state index contributed by atoms with van der Waals surface area (Å²) in [6, 6.07) is 9.32. The summed E-state index contributed by atoms with van der Waals surface area (Å²) in [5.74, 6) is -0.454. The molecule has 0 aliphatic carbocycles. The third-order valence-corrected chi connectivity index (χ3v) is 7.00. The zero-order valence-electron chi connectivity index (χ0n) is 14.5. The van der Waals surface area contributed by atoms with Gasteiger partial charge < -0.3 is 10.1 Å². The highest BCUT2D eigenvalue weighted by Gasteiger charge is 2.29. The molecule has 3 rings (SSSR count). The highest BCUT2D eigenvalue weighted by Crippen LogP contribution is 2.27. The molecule has 0 atom stereocenters. The number of nitrogens with one attached hydrogen (secondary N) is 1. The van der Waals surface area contributed by atoms with E-state index in [1.807, 2.05) is 6.92 Å². The Kier molecular flexibility index (Phi) is 6.08. The number of hydrogen-bond acceptors (Lipinski definition) is 4. The van der Waals surface area contributed by atoms with Crippen molar-refractivity contribution < 1.29 is 17.9 Å². The number of ether oxygens (including phenoxy) is 1. The minimum absolute atomic E-state index is 0.0661. The first-order chi connectivity index (χ1) is 12.8. The van der Waals surface area contributed by atoms with Gasteiger partial charge in [0.2, 0.25) is 10.0 Å². The Morgan fingerprint density at radius 1 is 1.07 bits per heavy atom. The third-order valence-electron chi connectivity index (χ3n) is 4.21. The van der Waals surface area contributed by atoms with E-state index in [2.05, 4.69) is 5.32 Å². The molecule has 1 saturated heterocycles. The highest BCUT2D eigenvalue weighted by molar-refractivity contribution is 7.89. The summed E-state index contributed by atoms with van der Waals surface area (Å²) in [6.07, 6.45) is 0. The lowest BCUT2D eigenvalue weighted by atomic mass is 10.2. The first-order valence-electron chi connectivity index (χ1n) is 8.24. The second-order valence-corrected chi connectivity index (χ2v) is 8.80. The molecule has 2 aromatic rings. The number of halogens is 2. The molecule has 0 aromatic heterocycles. The second-order valence-electron chi connectivity index (χ2n) is 6.08. The van der Waals surface area contributed by atoms with Gasteiger partial charge in [-0.05, 0) is 42.8 Å². The van der Waals surface area contributed by atoms with Gasteiger partial charge in [0.25, 0.3) is 5.91 Å². The van der Waals surface area contributed by atoms with E-state index in [0.717, 1.165) is 5.56 Å².